The number of hydrogen-bond acceptors (Lipinski definition) is 7. The maximum Gasteiger partial charge on any atom is 0.414 e. The van der Waals surface area contributed by atoms with Crippen LogP contribution in [0.4, 0.5) is 10.5 Å². The second-order valence-corrected chi connectivity index (χ2v) is 6.23. The molecule has 9 heteroatoms. The molecule has 136 valence electrons. The molecule has 1 fully saturated rings. The van der Waals surface area contributed by atoms with Crippen LogP contribution in [0.2, 0.25) is 0 Å². The third kappa shape index (κ3) is 4.59. The molecule has 1 aromatic rings. The molecule has 0 aromatic carbocycles. The Hall–Kier alpha value is -2.84. The van der Waals surface area contributed by atoms with E-state index in [2.05, 4.69) is 10.1 Å². The molecule has 2 rings (SSSR count). The van der Waals surface area contributed by atoms with Crippen molar-refractivity contribution in [2.24, 2.45) is 10.9 Å². The molecule has 2 heterocycles. The Morgan fingerprint density at radius 2 is 2.16 bits per heavy atom. The molecular formula is C16H22N4O5. The summed E-state index contributed by atoms with van der Waals surface area (Å²) in [4.78, 5) is 34.9. The minimum absolute atomic E-state index is 0.0159. The summed E-state index contributed by atoms with van der Waals surface area (Å²) in [7, 11) is 0. The molecule has 25 heavy (non-hydrogen) atoms. The minimum Gasteiger partial charge on any atom is -0.455 e. The third-order valence-electron chi connectivity index (χ3n) is 3.07. The fraction of sp³-hybridized carbons (Fsp3) is 0.500. The lowest BCUT2D eigenvalue weighted by atomic mass is 10.2. The number of carbonyl (C=O) groups is 2. The highest BCUT2D eigenvalue weighted by atomic mass is 16.6. The van der Waals surface area contributed by atoms with Gasteiger partial charge in [0.05, 0.1) is 12.2 Å². The highest BCUT2D eigenvalue weighted by Gasteiger charge is 2.31. The van der Waals surface area contributed by atoms with Crippen LogP contribution in [-0.2, 0) is 14.3 Å². The number of anilines is 1. The van der Waals surface area contributed by atoms with Gasteiger partial charge in [-0.2, -0.15) is 0 Å². The maximum atomic E-state index is 12.6. The summed E-state index contributed by atoms with van der Waals surface area (Å²) in [5, 5.41) is 3.70. The van der Waals surface area contributed by atoms with Gasteiger partial charge in [-0.1, -0.05) is 5.16 Å². The molecular weight excluding hydrogens is 328 g/mol. The number of pyridine rings is 1. The van der Waals surface area contributed by atoms with E-state index in [1.807, 2.05) is 0 Å². The summed E-state index contributed by atoms with van der Waals surface area (Å²) >= 11 is 0. The second-order valence-electron chi connectivity index (χ2n) is 6.23. The van der Waals surface area contributed by atoms with Crippen LogP contribution < -0.4 is 10.6 Å². The number of hydrogen-bond donors (Lipinski definition) is 1. The topological polar surface area (TPSA) is 116 Å². The average Bonchev–Trinajstić information content (AvgIpc) is 2.96. The number of cyclic esters (lactones) is 1. The summed E-state index contributed by atoms with van der Waals surface area (Å²) in [5.41, 5.74) is 5.59. The van der Waals surface area contributed by atoms with Crippen molar-refractivity contribution in [1.82, 2.24) is 4.98 Å². The van der Waals surface area contributed by atoms with Crippen molar-refractivity contribution in [2.75, 3.05) is 24.7 Å². The van der Waals surface area contributed by atoms with E-state index in [0.29, 0.717) is 18.8 Å². The van der Waals surface area contributed by atoms with Gasteiger partial charge in [-0.05, 0) is 39.8 Å². The molecule has 0 saturated carbocycles. The van der Waals surface area contributed by atoms with Crippen molar-refractivity contribution < 1.29 is 23.9 Å². The first kappa shape index (κ1) is 18.5. The number of oxime groups is 1. The van der Waals surface area contributed by atoms with Crippen molar-refractivity contribution in [3.05, 3.63) is 23.5 Å². The Morgan fingerprint density at radius 1 is 1.44 bits per heavy atom. The summed E-state index contributed by atoms with van der Waals surface area (Å²) in [6.45, 7) is 7.88. The summed E-state index contributed by atoms with van der Waals surface area (Å²) < 4.78 is 10.3. The van der Waals surface area contributed by atoms with Crippen molar-refractivity contribution in [1.29, 1.82) is 0 Å². The van der Waals surface area contributed by atoms with Crippen LogP contribution in [0.5, 0.6) is 0 Å². The van der Waals surface area contributed by atoms with E-state index < -0.39 is 17.7 Å². The Labute approximate surface area is 145 Å². The molecule has 0 atom stereocenters. The van der Waals surface area contributed by atoms with E-state index in [1.54, 1.807) is 39.8 Å². The molecule has 1 aromatic heterocycles. The van der Waals surface area contributed by atoms with Crippen LogP contribution in [0, 0.1) is 0 Å². The fourth-order valence-corrected chi connectivity index (χ4v) is 2.08. The summed E-state index contributed by atoms with van der Waals surface area (Å²) in [6.07, 6.45) is -0.546. The molecule has 0 unspecified atom stereocenters. The Balaban J connectivity index is 2.45. The molecule has 9 nitrogen and oxygen atoms in total. The number of aromatic nitrogens is 1. The summed E-state index contributed by atoms with van der Waals surface area (Å²) in [6, 6.07) is 3.11. The van der Waals surface area contributed by atoms with E-state index in [0.717, 1.165) is 0 Å². The van der Waals surface area contributed by atoms with Gasteiger partial charge in [0.2, 0.25) is 0 Å². The number of amidine groups is 1. The van der Waals surface area contributed by atoms with Gasteiger partial charge in [0.15, 0.2) is 11.5 Å². The first-order valence-electron chi connectivity index (χ1n) is 7.87. The van der Waals surface area contributed by atoms with Gasteiger partial charge >= 0.3 is 12.1 Å². The molecule has 0 spiro atoms. The van der Waals surface area contributed by atoms with Crippen molar-refractivity contribution in [3.63, 3.8) is 0 Å². The highest BCUT2D eigenvalue weighted by molar-refractivity contribution is 6.02. The number of ether oxygens (including phenoxy) is 2. The van der Waals surface area contributed by atoms with Gasteiger partial charge < -0.3 is 20.0 Å². The number of amides is 1. The third-order valence-corrected chi connectivity index (χ3v) is 3.07. The standard InChI is InChI=1S/C16H22N4O5/c1-5-24-19-13(17)10-6-7-11(20-8-9-23-15(20)22)12(18-10)14(21)25-16(2,3)4/h6-7H,5,8-9H2,1-4H3,(H2,17,19). The van der Waals surface area contributed by atoms with Gasteiger partial charge in [0.25, 0.3) is 0 Å². The van der Waals surface area contributed by atoms with E-state index in [4.69, 9.17) is 20.0 Å². The van der Waals surface area contributed by atoms with Gasteiger partial charge in [-0.25, -0.2) is 14.6 Å². The van der Waals surface area contributed by atoms with E-state index >= 15 is 0 Å². The summed E-state index contributed by atoms with van der Waals surface area (Å²) in [5.74, 6) is -0.657. The monoisotopic (exact) mass is 350 g/mol. The molecule has 0 radical (unpaired) electrons. The molecule has 1 saturated heterocycles. The minimum atomic E-state index is -0.720. The van der Waals surface area contributed by atoms with Gasteiger partial charge in [-0.15, -0.1) is 0 Å². The lowest BCUT2D eigenvalue weighted by Gasteiger charge is -2.22. The van der Waals surface area contributed by atoms with E-state index in [9.17, 15) is 9.59 Å². The van der Waals surface area contributed by atoms with Gasteiger partial charge in [0.1, 0.15) is 24.5 Å². The second kappa shape index (κ2) is 7.37. The van der Waals surface area contributed by atoms with Gasteiger partial charge in [0, 0.05) is 0 Å². The van der Waals surface area contributed by atoms with Crippen LogP contribution in [0.1, 0.15) is 43.9 Å². The first-order chi connectivity index (χ1) is 11.7. The van der Waals surface area contributed by atoms with Gasteiger partial charge in [-0.3, -0.25) is 4.90 Å². The van der Waals surface area contributed by atoms with Crippen molar-refractivity contribution in [2.45, 2.75) is 33.3 Å². The molecule has 2 N–H and O–H groups in total. The predicted octanol–water partition coefficient (Wildman–Crippen LogP) is 1.65. The van der Waals surface area contributed by atoms with Crippen LogP contribution >= 0.6 is 0 Å². The zero-order chi connectivity index (χ0) is 18.6. The molecule has 1 aliphatic heterocycles. The smallest absolute Gasteiger partial charge is 0.414 e. The lowest BCUT2D eigenvalue weighted by molar-refractivity contribution is 0.00638. The Morgan fingerprint density at radius 3 is 2.72 bits per heavy atom. The fourth-order valence-electron chi connectivity index (χ4n) is 2.08. The maximum absolute atomic E-state index is 12.6. The first-order valence-corrected chi connectivity index (χ1v) is 7.87. The molecule has 0 aliphatic carbocycles. The molecule has 1 aliphatic rings. The zero-order valence-electron chi connectivity index (χ0n) is 14.7. The van der Waals surface area contributed by atoms with Crippen LogP contribution in [0.25, 0.3) is 0 Å². The lowest BCUT2D eigenvalue weighted by Crippen LogP contribution is -2.30. The predicted molar refractivity (Wildman–Crippen MR) is 90.4 cm³/mol. The van der Waals surface area contributed by atoms with Crippen LogP contribution in [0.15, 0.2) is 17.3 Å². The Bertz CT molecular complexity index is 696. The van der Waals surface area contributed by atoms with Crippen LogP contribution in [-0.4, -0.2) is 48.2 Å². The van der Waals surface area contributed by atoms with Crippen molar-refractivity contribution in [3.8, 4) is 0 Å². The molecule has 0 bridgehead atoms. The SMILES string of the molecule is CCO/N=C(\N)c1ccc(N2CCOC2=O)c(C(=O)OC(C)(C)C)n1. The largest absolute Gasteiger partial charge is 0.455 e. The van der Waals surface area contributed by atoms with Crippen molar-refractivity contribution >= 4 is 23.6 Å². The Kier molecular flexibility index (Phi) is 5.45. The van der Waals surface area contributed by atoms with E-state index in [-0.39, 0.29) is 23.8 Å². The van der Waals surface area contributed by atoms with E-state index in [1.165, 1.54) is 4.90 Å². The zero-order valence-corrected chi connectivity index (χ0v) is 14.7. The number of nitrogens with zero attached hydrogens (tertiary/aromatic N) is 3. The molecule has 1 amide bonds. The number of nitrogens with two attached hydrogens (primary N) is 1. The quantitative estimate of drug-likeness (QED) is 0.371. The number of carbonyl (C=O) groups excluding carboxylic acids is 2. The average molecular weight is 350 g/mol. The number of rotatable bonds is 5. The number of esters is 1. The normalized spacial score (nSPS) is 15.1. The highest BCUT2D eigenvalue weighted by Crippen LogP contribution is 2.25. The van der Waals surface area contributed by atoms with Crippen LogP contribution in [0.3, 0.4) is 0 Å².